The number of anilines is 1. The van der Waals surface area contributed by atoms with E-state index in [1.807, 2.05) is 0 Å². The normalized spacial score (nSPS) is 18.0. The fraction of sp³-hybridized carbons (Fsp3) is 0.500. The molecule has 1 saturated heterocycles. The van der Waals surface area contributed by atoms with E-state index in [1.165, 1.54) is 17.2 Å². The predicted octanol–water partition coefficient (Wildman–Crippen LogP) is 2.26. The number of hydrogen-bond donors (Lipinski definition) is 1. The lowest BCUT2D eigenvalue weighted by Gasteiger charge is -2.42. The van der Waals surface area contributed by atoms with Gasteiger partial charge in [-0.1, -0.05) is 6.92 Å². The molecule has 2 rings (SSSR count). The summed E-state index contributed by atoms with van der Waals surface area (Å²) in [5.41, 5.74) is -0.781. The van der Waals surface area contributed by atoms with E-state index in [9.17, 15) is 18.0 Å². The molecule has 4 nitrogen and oxygen atoms in total. The summed E-state index contributed by atoms with van der Waals surface area (Å²) in [6.07, 6.45) is -3.15. The van der Waals surface area contributed by atoms with E-state index in [1.54, 1.807) is 6.92 Å². The number of pyridine rings is 1. The van der Waals surface area contributed by atoms with E-state index < -0.39 is 23.6 Å². The lowest BCUT2D eigenvalue weighted by molar-refractivity contribution is -0.143. The molecule has 104 valence electrons. The highest BCUT2D eigenvalue weighted by Crippen LogP contribution is 2.38. The van der Waals surface area contributed by atoms with Gasteiger partial charge in [0.25, 0.3) is 0 Å². The van der Waals surface area contributed by atoms with Crippen LogP contribution in [-0.4, -0.2) is 29.1 Å². The largest absolute Gasteiger partial charge is 0.481 e. The Labute approximate surface area is 107 Å². The molecule has 1 aromatic heterocycles. The molecule has 1 N–H and O–H groups in total. The van der Waals surface area contributed by atoms with E-state index in [0.29, 0.717) is 0 Å². The van der Waals surface area contributed by atoms with Crippen molar-refractivity contribution in [2.75, 3.05) is 18.0 Å². The molecule has 1 aliphatic rings. The van der Waals surface area contributed by atoms with Gasteiger partial charge in [0.1, 0.15) is 5.82 Å². The van der Waals surface area contributed by atoms with Crippen molar-refractivity contribution in [2.24, 2.45) is 11.8 Å². The molecule has 2 heterocycles. The van der Waals surface area contributed by atoms with Gasteiger partial charge in [0.15, 0.2) is 0 Å². The van der Waals surface area contributed by atoms with Crippen molar-refractivity contribution in [3.8, 4) is 0 Å². The van der Waals surface area contributed by atoms with Gasteiger partial charge in [-0.3, -0.25) is 4.79 Å². The van der Waals surface area contributed by atoms with Crippen LogP contribution in [0.25, 0.3) is 0 Å². The first-order valence-electron chi connectivity index (χ1n) is 5.80. The minimum atomic E-state index is -4.45. The van der Waals surface area contributed by atoms with Gasteiger partial charge in [-0.15, -0.1) is 0 Å². The molecular formula is C12H13F3N2O2. The van der Waals surface area contributed by atoms with E-state index >= 15 is 0 Å². The summed E-state index contributed by atoms with van der Waals surface area (Å²) in [5, 5.41) is 8.84. The van der Waals surface area contributed by atoms with Crippen LogP contribution >= 0.6 is 0 Å². The Balaban J connectivity index is 2.12. The number of carboxylic acids is 1. The lowest BCUT2D eigenvalue weighted by atomic mass is 9.87. The van der Waals surface area contributed by atoms with Crippen LogP contribution in [0.3, 0.4) is 0 Å². The summed E-state index contributed by atoms with van der Waals surface area (Å²) in [6, 6.07) is 2.22. The predicted molar refractivity (Wildman–Crippen MR) is 61.7 cm³/mol. The summed E-state index contributed by atoms with van der Waals surface area (Å²) < 4.78 is 38.4. The number of nitrogens with zero attached hydrogens (tertiary/aromatic N) is 2. The van der Waals surface area contributed by atoms with Gasteiger partial charge >= 0.3 is 12.1 Å². The van der Waals surface area contributed by atoms with Crippen LogP contribution in [0, 0.1) is 11.8 Å². The van der Waals surface area contributed by atoms with Gasteiger partial charge < -0.3 is 10.0 Å². The average Bonchev–Trinajstić information content (AvgIpc) is 2.26. The number of rotatable bonds is 3. The summed E-state index contributed by atoms with van der Waals surface area (Å²) in [7, 11) is 0. The standard InChI is InChI=1S/C12H13F3N2O2/c1-7(11(18)19)8-5-17(6-8)10-9(12(13,14)15)3-2-4-16-10/h2-4,7-8H,5-6H2,1H3,(H,18,19). The van der Waals surface area contributed by atoms with Crippen LogP contribution in [0.5, 0.6) is 0 Å². The van der Waals surface area contributed by atoms with Gasteiger partial charge in [0.2, 0.25) is 0 Å². The fourth-order valence-electron chi connectivity index (χ4n) is 2.07. The first-order chi connectivity index (χ1) is 8.80. The van der Waals surface area contributed by atoms with Gasteiger partial charge in [-0.2, -0.15) is 13.2 Å². The number of carboxylic acid groups (broad SMARTS) is 1. The van der Waals surface area contributed by atoms with Gasteiger partial charge in [-0.05, 0) is 12.1 Å². The third kappa shape index (κ3) is 2.64. The maximum atomic E-state index is 12.8. The molecule has 1 atom stereocenters. The molecular weight excluding hydrogens is 261 g/mol. The molecule has 0 aliphatic carbocycles. The van der Waals surface area contributed by atoms with Crippen molar-refractivity contribution >= 4 is 11.8 Å². The summed E-state index contributed by atoms with van der Waals surface area (Å²) >= 11 is 0. The molecule has 1 aromatic rings. The summed E-state index contributed by atoms with van der Waals surface area (Å²) in [6.45, 7) is 2.13. The number of aliphatic carboxylic acids is 1. The highest BCUT2D eigenvalue weighted by atomic mass is 19.4. The number of carbonyl (C=O) groups is 1. The fourth-order valence-corrected chi connectivity index (χ4v) is 2.07. The third-order valence-corrected chi connectivity index (χ3v) is 3.40. The Morgan fingerprint density at radius 1 is 1.53 bits per heavy atom. The quantitative estimate of drug-likeness (QED) is 0.918. The minimum Gasteiger partial charge on any atom is -0.481 e. The highest BCUT2D eigenvalue weighted by Gasteiger charge is 2.41. The van der Waals surface area contributed by atoms with Crippen LogP contribution in [0.2, 0.25) is 0 Å². The van der Waals surface area contributed by atoms with E-state index in [4.69, 9.17) is 5.11 Å². The lowest BCUT2D eigenvalue weighted by Crippen LogP contribution is -2.52. The molecule has 19 heavy (non-hydrogen) atoms. The molecule has 7 heteroatoms. The zero-order chi connectivity index (χ0) is 14.2. The average molecular weight is 274 g/mol. The molecule has 1 aliphatic heterocycles. The molecule has 0 spiro atoms. The van der Waals surface area contributed by atoms with Gasteiger partial charge in [-0.25, -0.2) is 4.98 Å². The molecule has 0 saturated carbocycles. The van der Waals surface area contributed by atoms with E-state index in [0.717, 1.165) is 6.07 Å². The van der Waals surface area contributed by atoms with E-state index in [-0.39, 0.29) is 24.8 Å². The zero-order valence-electron chi connectivity index (χ0n) is 10.2. The molecule has 0 radical (unpaired) electrons. The van der Waals surface area contributed by atoms with Crippen LogP contribution in [0.1, 0.15) is 12.5 Å². The molecule has 0 bridgehead atoms. The topological polar surface area (TPSA) is 53.4 Å². The van der Waals surface area contributed by atoms with Crippen LogP contribution in [-0.2, 0) is 11.0 Å². The number of alkyl halides is 3. The minimum absolute atomic E-state index is 0.121. The van der Waals surface area contributed by atoms with Crippen LogP contribution in [0.15, 0.2) is 18.3 Å². The van der Waals surface area contributed by atoms with Crippen molar-refractivity contribution in [1.29, 1.82) is 0 Å². The van der Waals surface area contributed by atoms with Crippen LogP contribution in [0.4, 0.5) is 19.0 Å². The second-order valence-corrected chi connectivity index (χ2v) is 4.66. The van der Waals surface area contributed by atoms with Crippen molar-refractivity contribution in [3.63, 3.8) is 0 Å². The number of halogens is 3. The molecule has 1 unspecified atom stereocenters. The van der Waals surface area contributed by atoms with Crippen molar-refractivity contribution in [2.45, 2.75) is 13.1 Å². The summed E-state index contributed by atoms with van der Waals surface area (Å²) in [4.78, 5) is 16.0. The maximum Gasteiger partial charge on any atom is 0.419 e. The van der Waals surface area contributed by atoms with E-state index in [2.05, 4.69) is 4.98 Å². The summed E-state index contributed by atoms with van der Waals surface area (Å²) in [5.74, 6) is -1.75. The van der Waals surface area contributed by atoms with Crippen LogP contribution < -0.4 is 4.90 Å². The SMILES string of the molecule is CC(C(=O)O)C1CN(c2ncccc2C(F)(F)F)C1. The second kappa shape index (κ2) is 4.71. The Hall–Kier alpha value is -1.79. The van der Waals surface area contributed by atoms with Crippen molar-refractivity contribution < 1.29 is 23.1 Å². The Morgan fingerprint density at radius 3 is 2.68 bits per heavy atom. The Morgan fingerprint density at radius 2 is 2.16 bits per heavy atom. The van der Waals surface area contributed by atoms with Crippen molar-refractivity contribution in [1.82, 2.24) is 4.98 Å². The first-order valence-corrected chi connectivity index (χ1v) is 5.80. The smallest absolute Gasteiger partial charge is 0.419 e. The Bertz CT molecular complexity index is 484. The third-order valence-electron chi connectivity index (χ3n) is 3.40. The van der Waals surface area contributed by atoms with Gasteiger partial charge in [0, 0.05) is 25.2 Å². The number of hydrogen-bond acceptors (Lipinski definition) is 3. The second-order valence-electron chi connectivity index (χ2n) is 4.66. The first kappa shape index (κ1) is 13.6. The van der Waals surface area contributed by atoms with Gasteiger partial charge in [0.05, 0.1) is 11.5 Å². The number of aromatic nitrogens is 1. The molecule has 1 fully saturated rings. The molecule has 0 aromatic carbocycles. The van der Waals surface area contributed by atoms with Crippen molar-refractivity contribution in [3.05, 3.63) is 23.9 Å². The monoisotopic (exact) mass is 274 g/mol. The zero-order valence-corrected chi connectivity index (χ0v) is 10.2. The molecule has 0 amide bonds. The Kier molecular flexibility index (Phi) is 3.38. The highest BCUT2D eigenvalue weighted by molar-refractivity contribution is 5.70. The maximum absolute atomic E-state index is 12.8.